The second kappa shape index (κ2) is 4.51. The third-order valence-electron chi connectivity index (χ3n) is 2.55. The van der Waals surface area contributed by atoms with Crippen LogP contribution < -0.4 is 5.32 Å². The lowest BCUT2D eigenvalue weighted by Crippen LogP contribution is -1.99. The number of fused-ring (bicyclic) bond motifs is 1. The first-order valence-corrected chi connectivity index (χ1v) is 6.26. The summed E-state index contributed by atoms with van der Waals surface area (Å²) in [5.74, 6) is 0. The molecule has 3 rings (SSSR count). The van der Waals surface area contributed by atoms with Crippen LogP contribution in [0.15, 0.2) is 48.2 Å². The zero-order valence-electron chi connectivity index (χ0n) is 9.13. The van der Waals surface area contributed by atoms with E-state index in [2.05, 4.69) is 39.6 Å². The molecule has 0 aliphatic rings. The van der Waals surface area contributed by atoms with E-state index in [-0.39, 0.29) is 0 Å². The summed E-state index contributed by atoms with van der Waals surface area (Å²) in [6.07, 6.45) is 3.65. The van der Waals surface area contributed by atoms with Crippen molar-refractivity contribution in [2.45, 2.75) is 6.54 Å². The summed E-state index contributed by atoms with van der Waals surface area (Å²) in [5, 5.41) is 3.37. The highest BCUT2D eigenvalue weighted by Crippen LogP contribution is 2.21. The minimum absolute atomic E-state index is 0.781. The molecule has 3 aromatic rings. The highest BCUT2D eigenvalue weighted by molar-refractivity contribution is 7.16. The number of hydrogen-bond acceptors (Lipinski definition) is 4. The number of aromatic nitrogens is 2. The molecule has 0 aliphatic carbocycles. The van der Waals surface area contributed by atoms with Gasteiger partial charge in [-0.25, -0.2) is 4.98 Å². The van der Waals surface area contributed by atoms with Crippen LogP contribution in [0.1, 0.15) is 5.56 Å². The van der Waals surface area contributed by atoms with E-state index in [9.17, 15) is 0 Å². The normalized spacial score (nSPS) is 10.6. The molecule has 0 saturated heterocycles. The Labute approximate surface area is 103 Å². The lowest BCUT2D eigenvalue weighted by Gasteiger charge is -2.05. The van der Waals surface area contributed by atoms with Crippen molar-refractivity contribution in [3.8, 4) is 0 Å². The Kier molecular flexibility index (Phi) is 2.71. The molecule has 0 bridgehead atoms. The van der Waals surface area contributed by atoms with E-state index >= 15 is 0 Å². The number of thiazole rings is 1. The molecule has 1 N–H and O–H groups in total. The van der Waals surface area contributed by atoms with Crippen LogP contribution in [0.5, 0.6) is 0 Å². The Bertz CT molecular complexity index is 619. The molecule has 1 aromatic carbocycles. The van der Waals surface area contributed by atoms with Gasteiger partial charge in [0.25, 0.3) is 0 Å². The molecule has 3 nitrogen and oxygen atoms in total. The maximum absolute atomic E-state index is 4.30. The SMILES string of the molecule is c1cncc(CNc2ccc3scnc3c2)c1. The summed E-state index contributed by atoms with van der Waals surface area (Å²) in [6.45, 7) is 0.781. The lowest BCUT2D eigenvalue weighted by atomic mass is 10.2. The van der Waals surface area contributed by atoms with Gasteiger partial charge in [-0.3, -0.25) is 4.98 Å². The number of rotatable bonds is 3. The molecule has 0 amide bonds. The first kappa shape index (κ1) is 10.2. The maximum atomic E-state index is 4.30. The highest BCUT2D eigenvalue weighted by Gasteiger charge is 1.98. The Hall–Kier alpha value is -1.94. The van der Waals surface area contributed by atoms with Gasteiger partial charge >= 0.3 is 0 Å². The number of benzene rings is 1. The number of nitrogens with one attached hydrogen (secondary N) is 1. The zero-order valence-corrected chi connectivity index (χ0v) is 9.95. The van der Waals surface area contributed by atoms with Crippen molar-refractivity contribution < 1.29 is 0 Å². The van der Waals surface area contributed by atoms with Crippen molar-refractivity contribution in [2.75, 3.05) is 5.32 Å². The minimum Gasteiger partial charge on any atom is -0.381 e. The summed E-state index contributed by atoms with van der Waals surface area (Å²) in [5.41, 5.74) is 5.18. The van der Waals surface area contributed by atoms with Gasteiger partial charge in [0.2, 0.25) is 0 Å². The van der Waals surface area contributed by atoms with Gasteiger partial charge in [0.1, 0.15) is 0 Å². The largest absolute Gasteiger partial charge is 0.381 e. The standard InChI is InChI=1S/C13H11N3S/c1-2-10(7-14-5-1)8-15-11-3-4-13-12(6-11)16-9-17-13/h1-7,9,15H,8H2. The van der Waals surface area contributed by atoms with Crippen LogP contribution in [0.25, 0.3) is 10.2 Å². The van der Waals surface area contributed by atoms with E-state index in [0.29, 0.717) is 0 Å². The summed E-state index contributed by atoms with van der Waals surface area (Å²) in [7, 11) is 0. The van der Waals surface area contributed by atoms with Gasteiger partial charge in [0.15, 0.2) is 0 Å². The van der Waals surface area contributed by atoms with Gasteiger partial charge in [0, 0.05) is 24.6 Å². The number of hydrogen-bond donors (Lipinski definition) is 1. The molecule has 0 radical (unpaired) electrons. The van der Waals surface area contributed by atoms with Crippen molar-refractivity contribution >= 4 is 27.2 Å². The molecule has 17 heavy (non-hydrogen) atoms. The fraction of sp³-hybridized carbons (Fsp3) is 0.0769. The molecule has 0 aliphatic heterocycles. The smallest absolute Gasteiger partial charge is 0.0832 e. The Morgan fingerprint density at radius 1 is 1.24 bits per heavy atom. The Balaban J connectivity index is 1.76. The van der Waals surface area contributed by atoms with Crippen LogP contribution in [0, 0.1) is 0 Å². The van der Waals surface area contributed by atoms with Crippen LogP contribution in [0.2, 0.25) is 0 Å². The minimum atomic E-state index is 0.781. The Morgan fingerprint density at radius 2 is 2.24 bits per heavy atom. The summed E-state index contributed by atoms with van der Waals surface area (Å²) < 4.78 is 1.22. The monoisotopic (exact) mass is 241 g/mol. The second-order valence-corrected chi connectivity index (χ2v) is 4.64. The molecule has 0 saturated carbocycles. The van der Waals surface area contributed by atoms with Gasteiger partial charge in [0.05, 0.1) is 15.7 Å². The lowest BCUT2D eigenvalue weighted by molar-refractivity contribution is 1.11. The second-order valence-electron chi connectivity index (χ2n) is 3.75. The quantitative estimate of drug-likeness (QED) is 0.764. The van der Waals surface area contributed by atoms with E-state index in [4.69, 9.17) is 0 Å². The van der Waals surface area contributed by atoms with Gasteiger partial charge in [-0.15, -0.1) is 11.3 Å². The molecule has 84 valence electrons. The van der Waals surface area contributed by atoms with E-state index in [0.717, 1.165) is 17.7 Å². The van der Waals surface area contributed by atoms with E-state index < -0.39 is 0 Å². The van der Waals surface area contributed by atoms with Gasteiger partial charge in [-0.2, -0.15) is 0 Å². The molecule has 0 unspecified atom stereocenters. The van der Waals surface area contributed by atoms with Crippen LogP contribution in [-0.2, 0) is 6.54 Å². The fourth-order valence-corrected chi connectivity index (χ4v) is 2.33. The molecular weight excluding hydrogens is 230 g/mol. The van der Waals surface area contributed by atoms with Crippen molar-refractivity contribution in [3.05, 3.63) is 53.8 Å². The topological polar surface area (TPSA) is 37.8 Å². The summed E-state index contributed by atoms with van der Waals surface area (Å²) >= 11 is 1.66. The highest BCUT2D eigenvalue weighted by atomic mass is 32.1. The first-order valence-electron chi connectivity index (χ1n) is 5.38. The molecular formula is C13H11N3S. The van der Waals surface area contributed by atoms with Crippen LogP contribution in [0.4, 0.5) is 5.69 Å². The van der Waals surface area contributed by atoms with Crippen molar-refractivity contribution in [1.82, 2.24) is 9.97 Å². The predicted octanol–water partition coefficient (Wildman–Crippen LogP) is 3.30. The zero-order chi connectivity index (χ0) is 11.5. The third kappa shape index (κ3) is 2.26. The molecule has 4 heteroatoms. The average Bonchev–Trinajstić information content (AvgIpc) is 2.85. The molecule has 2 heterocycles. The van der Waals surface area contributed by atoms with Crippen LogP contribution in [0.3, 0.4) is 0 Å². The fourth-order valence-electron chi connectivity index (χ4n) is 1.67. The van der Waals surface area contributed by atoms with Crippen molar-refractivity contribution in [1.29, 1.82) is 0 Å². The van der Waals surface area contributed by atoms with E-state index in [1.165, 1.54) is 10.3 Å². The average molecular weight is 241 g/mol. The van der Waals surface area contributed by atoms with E-state index in [1.54, 1.807) is 17.5 Å². The predicted molar refractivity (Wildman–Crippen MR) is 71.2 cm³/mol. The molecule has 0 spiro atoms. The number of pyridine rings is 1. The summed E-state index contributed by atoms with van der Waals surface area (Å²) in [4.78, 5) is 8.39. The van der Waals surface area contributed by atoms with Gasteiger partial charge in [-0.05, 0) is 29.8 Å². The maximum Gasteiger partial charge on any atom is 0.0832 e. The van der Waals surface area contributed by atoms with Crippen LogP contribution >= 0.6 is 11.3 Å². The molecule has 2 aromatic heterocycles. The van der Waals surface area contributed by atoms with Gasteiger partial charge < -0.3 is 5.32 Å². The third-order valence-corrected chi connectivity index (χ3v) is 3.36. The molecule has 0 fully saturated rings. The first-order chi connectivity index (χ1) is 8.42. The summed E-state index contributed by atoms with van der Waals surface area (Å²) in [6, 6.07) is 10.2. The van der Waals surface area contributed by atoms with Crippen LogP contribution in [-0.4, -0.2) is 9.97 Å². The number of anilines is 1. The van der Waals surface area contributed by atoms with E-state index in [1.807, 2.05) is 17.8 Å². The number of nitrogens with zero attached hydrogens (tertiary/aromatic N) is 2. The van der Waals surface area contributed by atoms with Gasteiger partial charge in [-0.1, -0.05) is 6.07 Å². The Morgan fingerprint density at radius 3 is 3.12 bits per heavy atom. The molecule has 0 atom stereocenters. The van der Waals surface area contributed by atoms with Crippen molar-refractivity contribution in [3.63, 3.8) is 0 Å². The van der Waals surface area contributed by atoms with Crippen molar-refractivity contribution in [2.24, 2.45) is 0 Å².